The van der Waals surface area contributed by atoms with Gasteiger partial charge in [0.1, 0.15) is 0 Å². The first kappa shape index (κ1) is 17.6. The van der Waals surface area contributed by atoms with Crippen molar-refractivity contribution in [2.45, 2.75) is 13.3 Å². The minimum atomic E-state index is -0.126. The Morgan fingerprint density at radius 3 is 2.46 bits per heavy atom. The van der Waals surface area contributed by atoms with Crippen LogP contribution in [0.1, 0.15) is 18.1 Å². The molecule has 0 aliphatic heterocycles. The highest BCUT2D eigenvalue weighted by Crippen LogP contribution is 2.15. The Labute approximate surface area is 146 Å². The molecule has 122 valence electrons. The second-order valence-corrected chi connectivity index (χ2v) is 5.51. The van der Waals surface area contributed by atoms with Crippen LogP contribution in [0.5, 0.6) is 0 Å². The second-order valence-electron chi connectivity index (χ2n) is 5.11. The molecule has 0 saturated heterocycles. The summed E-state index contributed by atoms with van der Waals surface area (Å²) < 4.78 is 0. The number of hydrogen-bond acceptors (Lipinski definition) is 2. The van der Waals surface area contributed by atoms with Crippen molar-refractivity contribution in [1.29, 1.82) is 0 Å². The molecule has 0 spiro atoms. The van der Waals surface area contributed by atoms with Crippen molar-refractivity contribution < 1.29 is 9.59 Å². The fourth-order valence-electron chi connectivity index (χ4n) is 2.01. The smallest absolute Gasteiger partial charge is 0.225 e. The number of rotatable bonds is 4. The predicted octanol–water partition coefficient (Wildman–Crippen LogP) is 3.01. The molecule has 2 rings (SSSR count). The van der Waals surface area contributed by atoms with Gasteiger partial charge in [-0.15, -0.1) is 0 Å². The molecule has 4 nitrogen and oxygen atoms in total. The van der Waals surface area contributed by atoms with Crippen LogP contribution in [0.25, 0.3) is 0 Å². The maximum absolute atomic E-state index is 11.8. The second kappa shape index (κ2) is 8.76. The fourth-order valence-corrected chi connectivity index (χ4v) is 2.21. The fraction of sp³-hybridized carbons (Fsp3) is 0.158. The summed E-state index contributed by atoms with van der Waals surface area (Å²) in [5.41, 5.74) is 2.32. The molecule has 0 fully saturated rings. The minimum absolute atomic E-state index is 0.116. The highest BCUT2D eigenvalue weighted by Gasteiger charge is 2.05. The molecular formula is C19H17ClN2O2. The van der Waals surface area contributed by atoms with E-state index in [2.05, 4.69) is 22.5 Å². The molecule has 0 heterocycles. The molecule has 0 unspecified atom stereocenters. The van der Waals surface area contributed by atoms with Gasteiger partial charge in [-0.25, -0.2) is 0 Å². The Bertz CT molecular complexity index is 789. The van der Waals surface area contributed by atoms with Gasteiger partial charge in [0, 0.05) is 23.2 Å². The number of carbonyl (C=O) groups excluding carboxylic acids is 2. The zero-order valence-corrected chi connectivity index (χ0v) is 14.0. The third-order valence-electron chi connectivity index (χ3n) is 3.12. The van der Waals surface area contributed by atoms with E-state index in [1.807, 2.05) is 30.3 Å². The van der Waals surface area contributed by atoms with E-state index >= 15 is 0 Å². The minimum Gasteiger partial charge on any atom is -0.345 e. The average Bonchev–Trinajstić information content (AvgIpc) is 2.55. The number of benzene rings is 2. The van der Waals surface area contributed by atoms with Gasteiger partial charge in [-0.2, -0.15) is 0 Å². The maximum Gasteiger partial charge on any atom is 0.225 e. The molecule has 0 aromatic heterocycles. The van der Waals surface area contributed by atoms with E-state index in [9.17, 15) is 9.59 Å². The molecule has 0 atom stereocenters. The molecule has 2 amide bonds. The molecule has 0 aliphatic rings. The topological polar surface area (TPSA) is 58.2 Å². The van der Waals surface area contributed by atoms with Gasteiger partial charge in [0.15, 0.2) is 0 Å². The normalized spacial score (nSPS) is 9.58. The number of anilines is 1. The SMILES string of the molecule is CC(=O)Nc1ccc(C#CCNC(=O)Cc2ccccc2Cl)cc1. The monoisotopic (exact) mass is 340 g/mol. The largest absolute Gasteiger partial charge is 0.345 e. The van der Waals surface area contributed by atoms with Gasteiger partial charge in [0.25, 0.3) is 0 Å². The highest BCUT2D eigenvalue weighted by atomic mass is 35.5. The van der Waals surface area contributed by atoms with Gasteiger partial charge in [-0.3, -0.25) is 9.59 Å². The van der Waals surface area contributed by atoms with E-state index in [4.69, 9.17) is 11.6 Å². The van der Waals surface area contributed by atoms with Crippen molar-refractivity contribution >= 4 is 29.1 Å². The van der Waals surface area contributed by atoms with Gasteiger partial charge < -0.3 is 10.6 Å². The third kappa shape index (κ3) is 5.79. The van der Waals surface area contributed by atoms with Gasteiger partial charge in [-0.05, 0) is 35.9 Å². The van der Waals surface area contributed by atoms with Gasteiger partial charge >= 0.3 is 0 Å². The summed E-state index contributed by atoms with van der Waals surface area (Å²) in [7, 11) is 0. The third-order valence-corrected chi connectivity index (χ3v) is 3.49. The van der Waals surface area contributed by atoms with E-state index in [-0.39, 0.29) is 24.8 Å². The first-order valence-electron chi connectivity index (χ1n) is 7.41. The molecule has 2 aromatic carbocycles. The van der Waals surface area contributed by atoms with Crippen LogP contribution in [-0.2, 0) is 16.0 Å². The lowest BCUT2D eigenvalue weighted by atomic mass is 10.1. The Kier molecular flexibility index (Phi) is 6.41. The summed E-state index contributed by atoms with van der Waals surface area (Å²) in [6.45, 7) is 1.72. The lowest BCUT2D eigenvalue weighted by Gasteiger charge is -2.03. The quantitative estimate of drug-likeness (QED) is 0.841. The number of halogens is 1. The van der Waals surface area contributed by atoms with Crippen molar-refractivity contribution in [2.24, 2.45) is 0 Å². The number of amides is 2. The predicted molar refractivity (Wildman–Crippen MR) is 95.8 cm³/mol. The first-order chi connectivity index (χ1) is 11.5. The average molecular weight is 341 g/mol. The van der Waals surface area contributed by atoms with Gasteiger partial charge in [-0.1, -0.05) is 41.6 Å². The zero-order chi connectivity index (χ0) is 17.4. The van der Waals surface area contributed by atoms with Crippen molar-refractivity contribution in [3.63, 3.8) is 0 Å². The van der Waals surface area contributed by atoms with Crippen LogP contribution in [-0.4, -0.2) is 18.4 Å². The van der Waals surface area contributed by atoms with E-state index in [0.29, 0.717) is 5.02 Å². The molecule has 0 radical (unpaired) electrons. The summed E-state index contributed by atoms with van der Waals surface area (Å²) in [4.78, 5) is 22.8. The molecule has 5 heteroatoms. The summed E-state index contributed by atoms with van der Waals surface area (Å²) in [6.07, 6.45) is 0.229. The molecule has 0 aliphatic carbocycles. The van der Waals surface area contributed by atoms with Crippen LogP contribution < -0.4 is 10.6 Å². The van der Waals surface area contributed by atoms with E-state index in [0.717, 1.165) is 16.8 Å². The van der Waals surface area contributed by atoms with Crippen molar-refractivity contribution in [3.05, 3.63) is 64.7 Å². The Hall–Kier alpha value is -2.77. The van der Waals surface area contributed by atoms with Crippen LogP contribution in [0, 0.1) is 11.8 Å². The summed E-state index contributed by atoms with van der Waals surface area (Å²) in [5, 5.41) is 6.01. The van der Waals surface area contributed by atoms with Crippen molar-refractivity contribution in [1.82, 2.24) is 5.32 Å². The van der Waals surface area contributed by atoms with E-state index in [1.165, 1.54) is 6.92 Å². The van der Waals surface area contributed by atoms with E-state index < -0.39 is 0 Å². The van der Waals surface area contributed by atoms with E-state index in [1.54, 1.807) is 18.2 Å². The molecule has 2 aromatic rings. The van der Waals surface area contributed by atoms with Crippen LogP contribution in [0.4, 0.5) is 5.69 Å². The van der Waals surface area contributed by atoms with Crippen LogP contribution in [0.3, 0.4) is 0 Å². The molecule has 2 N–H and O–H groups in total. The first-order valence-corrected chi connectivity index (χ1v) is 7.79. The molecule has 24 heavy (non-hydrogen) atoms. The van der Waals surface area contributed by atoms with Crippen LogP contribution >= 0.6 is 11.6 Å². The summed E-state index contributed by atoms with van der Waals surface area (Å²) >= 11 is 6.02. The highest BCUT2D eigenvalue weighted by molar-refractivity contribution is 6.31. The van der Waals surface area contributed by atoms with Crippen molar-refractivity contribution in [2.75, 3.05) is 11.9 Å². The Morgan fingerprint density at radius 2 is 1.79 bits per heavy atom. The number of carbonyl (C=O) groups is 2. The Morgan fingerprint density at radius 1 is 1.08 bits per heavy atom. The lowest BCUT2D eigenvalue weighted by molar-refractivity contribution is -0.120. The zero-order valence-electron chi connectivity index (χ0n) is 13.2. The Balaban J connectivity index is 1.82. The maximum atomic E-state index is 11.8. The van der Waals surface area contributed by atoms with Crippen LogP contribution in [0.15, 0.2) is 48.5 Å². The number of hydrogen-bond donors (Lipinski definition) is 2. The van der Waals surface area contributed by atoms with Crippen LogP contribution in [0.2, 0.25) is 5.02 Å². The standard InChI is InChI=1S/C19H17ClN2O2/c1-14(23)22-17-10-8-15(9-11-17)5-4-12-21-19(24)13-16-6-2-3-7-18(16)20/h2-3,6-11H,12-13H2,1H3,(H,21,24)(H,22,23). The van der Waals surface area contributed by atoms with Gasteiger partial charge in [0.2, 0.25) is 11.8 Å². The molecular weight excluding hydrogens is 324 g/mol. The molecule has 0 saturated carbocycles. The van der Waals surface area contributed by atoms with Gasteiger partial charge in [0.05, 0.1) is 13.0 Å². The summed E-state index contributed by atoms with van der Waals surface area (Å²) in [5.74, 6) is 5.60. The number of nitrogens with one attached hydrogen (secondary N) is 2. The lowest BCUT2D eigenvalue weighted by Crippen LogP contribution is -2.25. The molecule has 0 bridgehead atoms. The van der Waals surface area contributed by atoms with Crippen molar-refractivity contribution in [3.8, 4) is 11.8 Å². The summed E-state index contributed by atoms with van der Waals surface area (Å²) in [6, 6.07) is 14.4.